The van der Waals surface area contributed by atoms with Crippen molar-refractivity contribution in [3.8, 4) is 6.07 Å². The van der Waals surface area contributed by atoms with Crippen molar-refractivity contribution in [2.45, 2.75) is 25.3 Å². The molecule has 0 unspecified atom stereocenters. The summed E-state index contributed by atoms with van der Waals surface area (Å²) in [5.74, 6) is 0. The number of nitrogens with two attached hydrogens (primary N) is 1. The summed E-state index contributed by atoms with van der Waals surface area (Å²) >= 11 is 0. The van der Waals surface area contributed by atoms with Crippen LogP contribution in [0.1, 0.15) is 18.4 Å². The molecule has 2 rings (SSSR count). The minimum absolute atomic E-state index is 0.611. The van der Waals surface area contributed by atoms with Crippen molar-refractivity contribution in [1.82, 2.24) is 0 Å². The highest BCUT2D eigenvalue weighted by Gasteiger charge is 2.30. The van der Waals surface area contributed by atoms with Gasteiger partial charge in [0.05, 0.1) is 6.07 Å². The number of aryl methyl sites for hydroxylation is 1. The second-order valence-corrected chi connectivity index (χ2v) is 4.59. The summed E-state index contributed by atoms with van der Waals surface area (Å²) in [7, 11) is 0. The molecule has 0 radical (unpaired) electrons. The van der Waals surface area contributed by atoms with Crippen LogP contribution in [0.2, 0.25) is 0 Å². The highest BCUT2D eigenvalue weighted by molar-refractivity contribution is 5.49. The van der Waals surface area contributed by atoms with E-state index in [0.717, 1.165) is 25.9 Å². The van der Waals surface area contributed by atoms with Crippen LogP contribution in [-0.2, 0) is 0 Å². The van der Waals surface area contributed by atoms with Crippen molar-refractivity contribution in [2.75, 3.05) is 18.0 Å². The van der Waals surface area contributed by atoms with Gasteiger partial charge in [-0.3, -0.25) is 0 Å². The first kappa shape index (κ1) is 11.0. The van der Waals surface area contributed by atoms with Crippen molar-refractivity contribution in [1.29, 1.82) is 5.26 Å². The molecular weight excluding hydrogens is 198 g/mol. The summed E-state index contributed by atoms with van der Waals surface area (Å²) < 4.78 is 0. The lowest BCUT2D eigenvalue weighted by Gasteiger charge is -2.36. The monoisotopic (exact) mass is 215 g/mol. The normalized spacial score (nSPS) is 19.2. The third kappa shape index (κ3) is 2.17. The van der Waals surface area contributed by atoms with Crippen LogP contribution in [0.3, 0.4) is 0 Å². The predicted octanol–water partition coefficient (Wildman–Crippen LogP) is 1.82. The molecule has 2 N–H and O–H groups in total. The van der Waals surface area contributed by atoms with Gasteiger partial charge in [0.15, 0.2) is 0 Å². The number of nitriles is 1. The maximum absolute atomic E-state index is 8.96. The number of hydrogen-bond donors (Lipinski definition) is 1. The van der Waals surface area contributed by atoms with Gasteiger partial charge in [0.1, 0.15) is 5.54 Å². The molecule has 3 heteroatoms. The lowest BCUT2D eigenvalue weighted by atomic mass is 9.90. The molecule has 0 aliphatic carbocycles. The Bertz CT molecular complexity index is 411. The second-order valence-electron chi connectivity index (χ2n) is 4.59. The predicted molar refractivity (Wildman–Crippen MR) is 65.2 cm³/mol. The van der Waals surface area contributed by atoms with Gasteiger partial charge < -0.3 is 10.6 Å². The van der Waals surface area contributed by atoms with E-state index in [9.17, 15) is 0 Å². The molecule has 1 fully saturated rings. The summed E-state index contributed by atoms with van der Waals surface area (Å²) in [6.07, 6.45) is 1.49. The number of anilines is 1. The molecule has 84 valence electrons. The Balaban J connectivity index is 2.08. The largest absolute Gasteiger partial charge is 0.371 e. The van der Waals surface area contributed by atoms with Gasteiger partial charge in [-0.1, -0.05) is 12.1 Å². The zero-order valence-corrected chi connectivity index (χ0v) is 9.61. The van der Waals surface area contributed by atoms with E-state index in [1.807, 2.05) is 0 Å². The smallest absolute Gasteiger partial charge is 0.107 e. The van der Waals surface area contributed by atoms with E-state index in [1.165, 1.54) is 11.3 Å². The Morgan fingerprint density at radius 3 is 2.62 bits per heavy atom. The van der Waals surface area contributed by atoms with Crippen molar-refractivity contribution in [3.63, 3.8) is 0 Å². The van der Waals surface area contributed by atoms with Crippen molar-refractivity contribution < 1.29 is 0 Å². The zero-order valence-electron chi connectivity index (χ0n) is 9.61. The Labute approximate surface area is 96.5 Å². The number of hydrogen-bond acceptors (Lipinski definition) is 3. The lowest BCUT2D eigenvalue weighted by Crippen LogP contribution is -2.49. The molecule has 3 nitrogen and oxygen atoms in total. The Hall–Kier alpha value is -1.53. The lowest BCUT2D eigenvalue weighted by molar-refractivity contribution is 0.415. The Morgan fingerprint density at radius 1 is 1.38 bits per heavy atom. The zero-order chi connectivity index (χ0) is 11.6. The van der Waals surface area contributed by atoms with Crippen LogP contribution in [0.5, 0.6) is 0 Å². The first-order valence-corrected chi connectivity index (χ1v) is 5.65. The molecule has 0 atom stereocenters. The summed E-state index contributed by atoms with van der Waals surface area (Å²) in [5, 5.41) is 8.96. The standard InChI is InChI=1S/C13H17N3/c1-11-3-2-4-12(9-11)16-7-5-13(15,10-14)6-8-16/h2-4,9H,5-8,15H2,1H3. The maximum Gasteiger partial charge on any atom is 0.107 e. The van der Waals surface area contributed by atoms with E-state index < -0.39 is 5.54 Å². The number of piperidine rings is 1. The summed E-state index contributed by atoms with van der Waals surface area (Å²) in [6.45, 7) is 3.83. The highest BCUT2D eigenvalue weighted by Crippen LogP contribution is 2.24. The first-order chi connectivity index (χ1) is 7.63. The summed E-state index contributed by atoms with van der Waals surface area (Å²) in [4.78, 5) is 2.30. The third-order valence-corrected chi connectivity index (χ3v) is 3.25. The molecule has 0 spiro atoms. The fourth-order valence-corrected chi connectivity index (χ4v) is 2.10. The van der Waals surface area contributed by atoms with Crippen molar-refractivity contribution in [3.05, 3.63) is 29.8 Å². The van der Waals surface area contributed by atoms with Gasteiger partial charge in [-0.25, -0.2) is 0 Å². The maximum atomic E-state index is 8.96. The summed E-state index contributed by atoms with van der Waals surface area (Å²) in [5.41, 5.74) is 7.83. The third-order valence-electron chi connectivity index (χ3n) is 3.25. The molecule has 16 heavy (non-hydrogen) atoms. The Kier molecular flexibility index (Phi) is 2.84. The van der Waals surface area contributed by atoms with Crippen molar-refractivity contribution >= 4 is 5.69 Å². The second kappa shape index (κ2) is 4.15. The van der Waals surface area contributed by atoms with Gasteiger partial charge in [0.25, 0.3) is 0 Å². The van der Waals surface area contributed by atoms with Crippen LogP contribution in [0, 0.1) is 18.3 Å². The van der Waals surface area contributed by atoms with Gasteiger partial charge in [-0.05, 0) is 37.5 Å². The van der Waals surface area contributed by atoms with Crippen LogP contribution in [-0.4, -0.2) is 18.6 Å². The van der Waals surface area contributed by atoms with Crippen LogP contribution in [0.15, 0.2) is 24.3 Å². The van der Waals surface area contributed by atoms with Gasteiger partial charge in [0, 0.05) is 18.8 Å². The van der Waals surface area contributed by atoms with Crippen LogP contribution >= 0.6 is 0 Å². The molecule has 1 saturated heterocycles. The molecule has 0 saturated carbocycles. The molecule has 0 aromatic heterocycles. The molecule has 0 amide bonds. The molecule has 1 aliphatic rings. The van der Waals surface area contributed by atoms with Crippen molar-refractivity contribution in [2.24, 2.45) is 5.73 Å². The summed E-state index contributed by atoms with van der Waals surface area (Å²) in [6, 6.07) is 10.7. The van der Waals surface area contributed by atoms with E-state index >= 15 is 0 Å². The highest BCUT2D eigenvalue weighted by atomic mass is 15.1. The average molecular weight is 215 g/mol. The number of benzene rings is 1. The Morgan fingerprint density at radius 2 is 2.06 bits per heavy atom. The minimum Gasteiger partial charge on any atom is -0.371 e. The number of rotatable bonds is 1. The first-order valence-electron chi connectivity index (χ1n) is 5.65. The molecule has 1 heterocycles. The molecule has 1 aromatic carbocycles. The quantitative estimate of drug-likeness (QED) is 0.777. The molecular formula is C13H17N3. The van der Waals surface area contributed by atoms with Gasteiger partial charge >= 0.3 is 0 Å². The fourth-order valence-electron chi connectivity index (χ4n) is 2.10. The van der Waals surface area contributed by atoms with E-state index in [1.54, 1.807) is 0 Å². The molecule has 0 bridgehead atoms. The average Bonchev–Trinajstić information content (AvgIpc) is 2.30. The van der Waals surface area contributed by atoms with Gasteiger partial charge in [0.2, 0.25) is 0 Å². The van der Waals surface area contributed by atoms with Crippen LogP contribution in [0.25, 0.3) is 0 Å². The van der Waals surface area contributed by atoms with E-state index in [-0.39, 0.29) is 0 Å². The SMILES string of the molecule is Cc1cccc(N2CCC(N)(C#N)CC2)c1. The van der Waals surface area contributed by atoms with Crippen LogP contribution < -0.4 is 10.6 Å². The van der Waals surface area contributed by atoms with Gasteiger partial charge in [-0.15, -0.1) is 0 Å². The number of nitrogens with zero attached hydrogens (tertiary/aromatic N) is 2. The molecule has 1 aromatic rings. The van der Waals surface area contributed by atoms with E-state index in [2.05, 4.69) is 42.2 Å². The fraction of sp³-hybridized carbons (Fsp3) is 0.462. The molecule has 1 aliphatic heterocycles. The van der Waals surface area contributed by atoms with Gasteiger partial charge in [-0.2, -0.15) is 5.26 Å². The minimum atomic E-state index is -0.611. The van der Waals surface area contributed by atoms with E-state index in [0.29, 0.717) is 0 Å². The van der Waals surface area contributed by atoms with Crippen LogP contribution in [0.4, 0.5) is 5.69 Å². The topological polar surface area (TPSA) is 53.0 Å². The van der Waals surface area contributed by atoms with E-state index in [4.69, 9.17) is 11.0 Å².